The first-order chi connectivity index (χ1) is 13.0. The molecule has 2 aromatic rings. The number of ether oxygens (including phenoxy) is 2. The summed E-state index contributed by atoms with van der Waals surface area (Å²) in [5, 5.41) is 8.79. The van der Waals surface area contributed by atoms with Crippen LogP contribution in [0.4, 0.5) is 0 Å². The summed E-state index contributed by atoms with van der Waals surface area (Å²) < 4.78 is 39.1. The molecule has 1 fully saturated rings. The van der Waals surface area contributed by atoms with Crippen molar-refractivity contribution in [2.45, 2.75) is 42.7 Å². The molecular weight excluding hydrogens is 366 g/mol. The molecule has 1 aromatic heterocycles. The van der Waals surface area contributed by atoms with E-state index >= 15 is 0 Å². The minimum atomic E-state index is -3.65. The van der Waals surface area contributed by atoms with Crippen molar-refractivity contribution in [2.75, 3.05) is 7.11 Å². The van der Waals surface area contributed by atoms with Gasteiger partial charge in [0.05, 0.1) is 12.7 Å². The Morgan fingerprint density at radius 2 is 1.89 bits per heavy atom. The van der Waals surface area contributed by atoms with E-state index in [1.807, 2.05) is 6.07 Å². The Morgan fingerprint density at radius 1 is 1.15 bits per heavy atom. The highest BCUT2D eigenvalue weighted by Gasteiger charge is 2.28. The average molecular weight is 387 g/mol. The Kier molecular flexibility index (Phi) is 5.94. The Morgan fingerprint density at radius 3 is 2.52 bits per heavy atom. The minimum absolute atomic E-state index is 0.0162. The number of aromatic nitrogens is 1. The van der Waals surface area contributed by atoms with Crippen LogP contribution in [0.15, 0.2) is 47.5 Å². The molecule has 0 aliphatic heterocycles. The topological polar surface area (TPSA) is 101 Å². The predicted octanol–water partition coefficient (Wildman–Crippen LogP) is 2.63. The number of nitrogens with zero attached hydrogens (tertiary/aromatic N) is 2. The number of sulfonamides is 1. The number of benzene rings is 1. The summed E-state index contributed by atoms with van der Waals surface area (Å²) >= 11 is 0. The molecule has 1 heterocycles. The molecule has 0 radical (unpaired) electrons. The molecule has 7 nitrogen and oxygen atoms in total. The second kappa shape index (κ2) is 8.37. The van der Waals surface area contributed by atoms with Gasteiger partial charge in [0.25, 0.3) is 0 Å². The van der Waals surface area contributed by atoms with E-state index in [2.05, 4.69) is 9.71 Å². The van der Waals surface area contributed by atoms with Crippen LogP contribution in [0.2, 0.25) is 0 Å². The van der Waals surface area contributed by atoms with Crippen LogP contribution in [0, 0.1) is 11.3 Å². The molecule has 1 N–H and O–H groups in total. The van der Waals surface area contributed by atoms with E-state index in [0.717, 1.165) is 12.8 Å². The Bertz CT molecular complexity index is 915. The van der Waals surface area contributed by atoms with Gasteiger partial charge in [-0.3, -0.25) is 0 Å². The molecule has 0 bridgehead atoms. The van der Waals surface area contributed by atoms with Crippen LogP contribution in [0.3, 0.4) is 0 Å². The SMILES string of the molecule is COc1ccccc1S(=O)(=O)NC1CCC(Oc2ccc(C#N)cn2)CC1. The van der Waals surface area contributed by atoms with Crippen LogP contribution in [0.1, 0.15) is 31.2 Å². The molecule has 1 aromatic carbocycles. The molecule has 1 aliphatic rings. The largest absolute Gasteiger partial charge is 0.495 e. The van der Waals surface area contributed by atoms with Crippen LogP contribution < -0.4 is 14.2 Å². The van der Waals surface area contributed by atoms with Gasteiger partial charge in [-0.25, -0.2) is 18.1 Å². The van der Waals surface area contributed by atoms with Gasteiger partial charge in [-0.05, 0) is 43.9 Å². The van der Waals surface area contributed by atoms with Crippen molar-refractivity contribution in [1.29, 1.82) is 5.26 Å². The lowest BCUT2D eigenvalue weighted by atomic mass is 9.94. The molecule has 1 aliphatic carbocycles. The maximum atomic E-state index is 12.7. The predicted molar refractivity (Wildman–Crippen MR) is 98.9 cm³/mol. The molecule has 0 amide bonds. The van der Waals surface area contributed by atoms with Gasteiger partial charge in [-0.15, -0.1) is 0 Å². The molecule has 0 atom stereocenters. The molecule has 0 spiro atoms. The second-order valence-electron chi connectivity index (χ2n) is 6.36. The number of pyridine rings is 1. The first kappa shape index (κ1) is 19.1. The van der Waals surface area contributed by atoms with Crippen LogP contribution in [0.5, 0.6) is 11.6 Å². The van der Waals surface area contributed by atoms with Gasteiger partial charge in [0.1, 0.15) is 22.8 Å². The maximum Gasteiger partial charge on any atom is 0.244 e. The first-order valence-corrected chi connectivity index (χ1v) is 10.2. The highest BCUT2D eigenvalue weighted by Crippen LogP contribution is 2.27. The number of rotatable bonds is 6. The van der Waals surface area contributed by atoms with E-state index in [1.165, 1.54) is 19.4 Å². The Balaban J connectivity index is 1.56. The van der Waals surface area contributed by atoms with E-state index < -0.39 is 10.0 Å². The van der Waals surface area contributed by atoms with Gasteiger partial charge in [0, 0.05) is 18.3 Å². The number of nitriles is 1. The first-order valence-electron chi connectivity index (χ1n) is 8.70. The van der Waals surface area contributed by atoms with E-state index in [0.29, 0.717) is 30.0 Å². The van der Waals surface area contributed by atoms with Gasteiger partial charge in [0.15, 0.2) is 0 Å². The summed E-state index contributed by atoms with van der Waals surface area (Å²) in [5.74, 6) is 0.806. The van der Waals surface area contributed by atoms with Gasteiger partial charge in [-0.1, -0.05) is 12.1 Å². The molecule has 27 heavy (non-hydrogen) atoms. The fourth-order valence-corrected chi connectivity index (χ4v) is 4.58. The van der Waals surface area contributed by atoms with E-state index in [-0.39, 0.29) is 17.0 Å². The van der Waals surface area contributed by atoms with Crippen molar-refractivity contribution >= 4 is 10.0 Å². The minimum Gasteiger partial charge on any atom is -0.495 e. The van der Waals surface area contributed by atoms with Gasteiger partial charge < -0.3 is 9.47 Å². The lowest BCUT2D eigenvalue weighted by Gasteiger charge is -2.29. The smallest absolute Gasteiger partial charge is 0.244 e. The van der Waals surface area contributed by atoms with Gasteiger partial charge in [-0.2, -0.15) is 5.26 Å². The number of hydrogen-bond acceptors (Lipinski definition) is 6. The van der Waals surface area contributed by atoms with Crippen LogP contribution in [0.25, 0.3) is 0 Å². The molecule has 0 saturated heterocycles. The molecule has 142 valence electrons. The van der Waals surface area contributed by atoms with Crippen LogP contribution >= 0.6 is 0 Å². The van der Waals surface area contributed by atoms with Crippen molar-refractivity contribution in [3.05, 3.63) is 48.2 Å². The number of nitrogens with one attached hydrogen (secondary N) is 1. The normalized spacial score (nSPS) is 19.9. The monoisotopic (exact) mass is 387 g/mol. The number of para-hydroxylation sites is 1. The fraction of sp³-hybridized carbons (Fsp3) is 0.368. The van der Waals surface area contributed by atoms with Crippen molar-refractivity contribution in [3.63, 3.8) is 0 Å². The molecule has 8 heteroatoms. The van der Waals surface area contributed by atoms with E-state index in [9.17, 15) is 8.42 Å². The number of methoxy groups -OCH3 is 1. The third kappa shape index (κ3) is 4.76. The van der Waals surface area contributed by atoms with Gasteiger partial charge >= 0.3 is 0 Å². The third-order valence-corrected chi connectivity index (χ3v) is 6.07. The summed E-state index contributed by atoms with van der Waals surface area (Å²) in [4.78, 5) is 4.26. The van der Waals surface area contributed by atoms with Crippen molar-refractivity contribution in [3.8, 4) is 17.7 Å². The molecule has 3 rings (SSSR count). The standard InChI is InChI=1S/C19H21N3O4S/c1-25-17-4-2-3-5-18(17)27(23,24)22-15-7-9-16(10-8-15)26-19-11-6-14(12-20)13-21-19/h2-6,11,13,15-16,22H,7-10H2,1H3. The summed E-state index contributed by atoms with van der Waals surface area (Å²) in [7, 11) is -2.19. The highest BCUT2D eigenvalue weighted by atomic mass is 32.2. The summed E-state index contributed by atoms with van der Waals surface area (Å²) in [6, 6.07) is 11.8. The second-order valence-corrected chi connectivity index (χ2v) is 8.04. The van der Waals surface area contributed by atoms with E-state index in [1.54, 1.807) is 30.3 Å². The van der Waals surface area contributed by atoms with Crippen LogP contribution in [-0.4, -0.2) is 32.7 Å². The zero-order chi connectivity index (χ0) is 19.3. The molecular formula is C19H21N3O4S. The lowest BCUT2D eigenvalue weighted by molar-refractivity contribution is 0.138. The summed E-state index contributed by atoms with van der Waals surface area (Å²) in [6.45, 7) is 0. The molecule has 0 unspecified atom stereocenters. The van der Waals surface area contributed by atoms with Gasteiger partial charge in [0.2, 0.25) is 15.9 Å². The van der Waals surface area contributed by atoms with Crippen molar-refractivity contribution in [2.24, 2.45) is 0 Å². The van der Waals surface area contributed by atoms with Crippen molar-refractivity contribution in [1.82, 2.24) is 9.71 Å². The number of hydrogen-bond donors (Lipinski definition) is 1. The quantitative estimate of drug-likeness (QED) is 0.818. The summed E-state index contributed by atoms with van der Waals surface area (Å²) in [5.41, 5.74) is 0.483. The maximum absolute atomic E-state index is 12.7. The summed E-state index contributed by atoms with van der Waals surface area (Å²) in [6.07, 6.45) is 4.26. The zero-order valence-corrected chi connectivity index (χ0v) is 15.8. The van der Waals surface area contributed by atoms with E-state index in [4.69, 9.17) is 14.7 Å². The van der Waals surface area contributed by atoms with Crippen molar-refractivity contribution < 1.29 is 17.9 Å². The molecule has 1 saturated carbocycles. The highest BCUT2D eigenvalue weighted by molar-refractivity contribution is 7.89. The average Bonchev–Trinajstić information content (AvgIpc) is 2.70. The Hall–Kier alpha value is -2.63. The zero-order valence-electron chi connectivity index (χ0n) is 15.0. The Labute approximate surface area is 159 Å². The van der Waals surface area contributed by atoms with Crippen LogP contribution in [-0.2, 0) is 10.0 Å². The fourth-order valence-electron chi connectivity index (χ4n) is 3.11. The lowest BCUT2D eigenvalue weighted by Crippen LogP contribution is -2.39. The third-order valence-electron chi connectivity index (χ3n) is 4.51.